The summed E-state index contributed by atoms with van der Waals surface area (Å²) in [6, 6.07) is 0. The molecule has 1 aliphatic rings. The van der Waals surface area contributed by atoms with Gasteiger partial charge in [-0.25, -0.2) is 0 Å². The lowest BCUT2D eigenvalue weighted by Gasteiger charge is -1.64. The molecule has 0 nitrogen and oxygen atoms in total. The van der Waals surface area contributed by atoms with Crippen LogP contribution in [-0.2, 0) is 0 Å². The van der Waals surface area contributed by atoms with Crippen LogP contribution in [0.15, 0.2) is 11.4 Å². The molecule has 0 radical (unpaired) electrons. The minimum atomic E-state index is 1.28. The summed E-state index contributed by atoms with van der Waals surface area (Å²) in [5.74, 6) is 2.20. The normalized spacial score (nSPS) is 17.6. The van der Waals surface area contributed by atoms with Gasteiger partial charge in [-0.3, -0.25) is 0 Å². The zero-order valence-electron chi connectivity index (χ0n) is 2.98. The average molecular weight is 81.7 g/mol. The number of hydrogen-bond acceptors (Lipinski definition) is 1. The van der Waals surface area contributed by atoms with E-state index >= 15 is 0 Å². The van der Waals surface area contributed by atoms with Crippen LogP contribution in [0.3, 0.4) is 0 Å². The summed E-state index contributed by atoms with van der Waals surface area (Å²) in [5.41, 5.74) is 0. The van der Waals surface area contributed by atoms with Gasteiger partial charge in [-0.05, 0) is 0 Å². The number of hydrogen-bond donors (Lipinski definition) is 0. The van der Waals surface area contributed by atoms with Crippen molar-refractivity contribution in [2.75, 3.05) is 0 Å². The van der Waals surface area contributed by atoms with Gasteiger partial charge in [0.15, 0.2) is 6.45 Å². The van der Waals surface area contributed by atoms with Gasteiger partial charge in [-0.15, -0.1) is 5.98 Å². The molecule has 0 spiro atoms. The van der Waals surface area contributed by atoms with Gasteiger partial charge in [0.1, 0.15) is 7.17 Å². The predicted octanol–water partition coefficient (Wildman–Crippen LogP) is -0.0926. The van der Waals surface area contributed by atoms with E-state index in [-0.39, 0.29) is 0 Å². The molecule has 0 aromatic rings. The molecule has 1 heterocycles. The Morgan fingerprint density at radius 1 is 1.60 bits per heavy atom. The number of rotatable bonds is 0. The molecule has 24 valence electrons. The Morgan fingerprint density at radius 3 is 2.80 bits per heavy atom. The summed E-state index contributed by atoms with van der Waals surface area (Å²) >= 11 is 1.89. The van der Waals surface area contributed by atoms with Crippen LogP contribution in [0.1, 0.15) is 0 Å². The van der Waals surface area contributed by atoms with E-state index in [0.717, 1.165) is 0 Å². The first-order valence-corrected chi connectivity index (χ1v) is 2.81. The molecule has 0 bridgehead atoms. The van der Waals surface area contributed by atoms with Gasteiger partial charge in [0, 0.05) is 0 Å². The predicted molar refractivity (Wildman–Crippen MR) is 31.0 cm³/mol. The highest BCUT2D eigenvalue weighted by Gasteiger charge is 1.91. The second-order valence-electron chi connectivity index (χ2n) is 1.03. The molecular weight excluding hydrogens is 77.7 g/mol. The minimum absolute atomic E-state index is 1.28. The molecule has 0 saturated carbocycles. The van der Waals surface area contributed by atoms with Crippen molar-refractivity contribution in [1.29, 1.82) is 0 Å². The van der Waals surface area contributed by atoms with Gasteiger partial charge in [0.25, 0.3) is 0 Å². The van der Waals surface area contributed by atoms with Gasteiger partial charge in [-0.1, -0.05) is 5.41 Å². The molecule has 0 fully saturated rings. The van der Waals surface area contributed by atoms with Crippen LogP contribution in [0.5, 0.6) is 0 Å². The first kappa shape index (κ1) is 3.41. The molecule has 0 unspecified atom stereocenters. The first-order chi connectivity index (χ1) is 2.50. The minimum Gasteiger partial charge on any atom is -0.199 e. The fourth-order valence-electron chi connectivity index (χ4n) is 0.340. The van der Waals surface area contributed by atoms with E-state index in [2.05, 4.69) is 11.4 Å². The Labute approximate surface area is 37.4 Å². The van der Waals surface area contributed by atoms with Gasteiger partial charge >= 0.3 is 0 Å². The largest absolute Gasteiger partial charge is 0.199 e. The van der Waals surface area contributed by atoms with Crippen LogP contribution in [-0.4, -0.2) is 13.6 Å². The second kappa shape index (κ2) is 1.61. The van der Waals surface area contributed by atoms with Crippen molar-refractivity contribution in [3.63, 3.8) is 0 Å². The SMILES string of the molecule is B1BSC=C1. The molecule has 1 aliphatic heterocycles. The van der Waals surface area contributed by atoms with Gasteiger partial charge in [0.2, 0.25) is 0 Å². The van der Waals surface area contributed by atoms with E-state index in [4.69, 9.17) is 0 Å². The molecule has 3 heteroatoms. The fraction of sp³-hybridized carbons (Fsp3) is 0. The van der Waals surface area contributed by atoms with E-state index in [1.807, 2.05) is 11.6 Å². The molecule has 0 aromatic heterocycles. The third-order valence-corrected chi connectivity index (χ3v) is 1.45. The van der Waals surface area contributed by atoms with Crippen molar-refractivity contribution >= 4 is 25.2 Å². The lowest BCUT2D eigenvalue weighted by atomic mass is 9.55. The summed E-state index contributed by atoms with van der Waals surface area (Å²) in [6.45, 7) is 0. The summed E-state index contributed by atoms with van der Waals surface area (Å²) in [4.78, 5) is 0. The van der Waals surface area contributed by atoms with Crippen LogP contribution in [0.2, 0.25) is 0 Å². The van der Waals surface area contributed by atoms with Crippen molar-refractivity contribution in [3.05, 3.63) is 11.4 Å². The Morgan fingerprint density at radius 2 is 2.60 bits per heavy atom. The first-order valence-electron chi connectivity index (χ1n) is 1.77. The second-order valence-corrected chi connectivity index (χ2v) is 2.04. The Bertz CT molecular complexity index is 45.6. The van der Waals surface area contributed by atoms with E-state index < -0.39 is 0 Å². The lowest BCUT2D eigenvalue weighted by Crippen LogP contribution is -1.83. The van der Waals surface area contributed by atoms with Gasteiger partial charge in [-0.2, -0.15) is 11.6 Å². The molecule has 0 aromatic carbocycles. The maximum atomic E-state index is 2.20. The summed E-state index contributed by atoms with van der Waals surface area (Å²) in [6.07, 6.45) is 1.31. The molecule has 0 atom stereocenters. The van der Waals surface area contributed by atoms with Gasteiger partial charge in [0.05, 0.1) is 0 Å². The fourth-order valence-corrected chi connectivity index (χ4v) is 1.02. The molecule has 5 heavy (non-hydrogen) atoms. The zero-order chi connectivity index (χ0) is 3.54. The molecule has 0 N–H and O–H groups in total. The Balaban J connectivity index is 2.32. The molecule has 0 saturated heterocycles. The van der Waals surface area contributed by atoms with E-state index in [9.17, 15) is 0 Å². The molecular formula is C2H4B2S. The Kier molecular flexibility index (Phi) is 1.10. The van der Waals surface area contributed by atoms with Crippen molar-refractivity contribution < 1.29 is 0 Å². The zero-order valence-corrected chi connectivity index (χ0v) is 3.79. The molecule has 0 aliphatic carbocycles. The monoisotopic (exact) mass is 82.0 g/mol. The Hall–Kier alpha value is 0.220. The standard InChI is InChI=1S/C2H4B2S/c1-2-5-4-3-1/h1-4H. The van der Waals surface area contributed by atoms with Crippen LogP contribution in [0.25, 0.3) is 0 Å². The highest BCUT2D eigenvalue weighted by molar-refractivity contribution is 8.29. The van der Waals surface area contributed by atoms with Crippen LogP contribution in [0.4, 0.5) is 0 Å². The van der Waals surface area contributed by atoms with E-state index in [0.29, 0.717) is 0 Å². The maximum absolute atomic E-state index is 2.20. The highest BCUT2D eigenvalue weighted by Crippen LogP contribution is 2.02. The van der Waals surface area contributed by atoms with Crippen molar-refractivity contribution in [3.8, 4) is 0 Å². The molecule has 0 amide bonds. The van der Waals surface area contributed by atoms with Crippen LogP contribution < -0.4 is 0 Å². The van der Waals surface area contributed by atoms with E-state index in [1.54, 1.807) is 0 Å². The topological polar surface area (TPSA) is 0 Å². The summed E-state index contributed by atoms with van der Waals surface area (Å²) in [5, 5.41) is 2.15. The third-order valence-electron chi connectivity index (χ3n) is 0.595. The van der Waals surface area contributed by atoms with Crippen molar-refractivity contribution in [2.45, 2.75) is 0 Å². The van der Waals surface area contributed by atoms with E-state index in [1.165, 1.54) is 13.6 Å². The van der Waals surface area contributed by atoms with Crippen molar-refractivity contribution in [2.24, 2.45) is 0 Å². The van der Waals surface area contributed by atoms with Gasteiger partial charge < -0.3 is 0 Å². The quantitative estimate of drug-likeness (QED) is 0.368. The highest BCUT2D eigenvalue weighted by atomic mass is 32.2. The third kappa shape index (κ3) is 0.763. The van der Waals surface area contributed by atoms with Crippen molar-refractivity contribution in [1.82, 2.24) is 0 Å². The average Bonchev–Trinajstić information content (AvgIpc) is 1.76. The van der Waals surface area contributed by atoms with Crippen LogP contribution in [0, 0.1) is 0 Å². The lowest BCUT2D eigenvalue weighted by molar-refractivity contribution is 2.55. The van der Waals surface area contributed by atoms with Crippen LogP contribution >= 0.6 is 11.6 Å². The summed E-state index contributed by atoms with van der Waals surface area (Å²) in [7, 11) is 1.28. The summed E-state index contributed by atoms with van der Waals surface area (Å²) < 4.78 is 0. The smallest absolute Gasteiger partial charge is 0.166 e. The maximum Gasteiger partial charge on any atom is 0.166 e. The molecule has 1 rings (SSSR count).